The molecule has 72 valence electrons. The summed E-state index contributed by atoms with van der Waals surface area (Å²) in [6, 6.07) is 0. The molecule has 0 aromatic carbocycles. The van der Waals surface area contributed by atoms with Gasteiger partial charge >= 0.3 is 0 Å². The lowest BCUT2D eigenvalue weighted by Crippen LogP contribution is -2.17. The number of fused-ring (bicyclic) bond motifs is 1. The van der Waals surface area contributed by atoms with Gasteiger partial charge in [-0.25, -0.2) is 9.67 Å². The van der Waals surface area contributed by atoms with Crippen molar-refractivity contribution in [3.05, 3.63) is 11.6 Å². The Bertz CT molecular complexity index is 288. The van der Waals surface area contributed by atoms with Crippen molar-refractivity contribution in [3.8, 4) is 0 Å². The second-order valence-electron chi connectivity index (χ2n) is 4.39. The van der Waals surface area contributed by atoms with E-state index in [1.165, 1.54) is 0 Å². The van der Waals surface area contributed by atoms with E-state index in [2.05, 4.69) is 30.9 Å². The molecule has 1 aliphatic heterocycles. The van der Waals surface area contributed by atoms with Gasteiger partial charge in [0.1, 0.15) is 12.6 Å². The van der Waals surface area contributed by atoms with Crippen molar-refractivity contribution in [2.45, 2.75) is 39.3 Å². The van der Waals surface area contributed by atoms with Crippen molar-refractivity contribution in [3.63, 3.8) is 0 Å². The van der Waals surface area contributed by atoms with Crippen LogP contribution in [0.1, 0.15) is 32.4 Å². The summed E-state index contributed by atoms with van der Waals surface area (Å²) in [5.74, 6) is 1.96. The Morgan fingerprint density at radius 1 is 1.38 bits per heavy atom. The van der Waals surface area contributed by atoms with Crippen LogP contribution in [-0.2, 0) is 23.3 Å². The zero-order chi connectivity index (χ0) is 9.47. The van der Waals surface area contributed by atoms with Crippen LogP contribution in [0.4, 0.5) is 0 Å². The molecule has 0 bridgehead atoms. The largest absolute Gasteiger partial charge is 0.359 e. The zero-order valence-corrected chi connectivity index (χ0v) is 8.37. The average Bonchev–Trinajstić information content (AvgIpc) is 2.45. The third kappa shape index (κ3) is 1.58. The van der Waals surface area contributed by atoms with Crippen molar-refractivity contribution in [1.82, 2.24) is 14.8 Å². The second kappa shape index (κ2) is 2.80. The van der Waals surface area contributed by atoms with Gasteiger partial charge in [-0.2, -0.15) is 5.10 Å². The predicted octanol–water partition coefficient (Wildman–Crippen LogP) is 1.11. The van der Waals surface area contributed by atoms with E-state index in [4.69, 9.17) is 4.74 Å². The van der Waals surface area contributed by atoms with Gasteiger partial charge in [-0.15, -0.1) is 0 Å². The van der Waals surface area contributed by atoms with Crippen molar-refractivity contribution in [1.29, 1.82) is 0 Å². The van der Waals surface area contributed by atoms with Gasteiger partial charge in [-0.3, -0.25) is 0 Å². The molecule has 0 unspecified atom stereocenters. The molecular formula is C9H15N3O. The smallest absolute Gasteiger partial charge is 0.156 e. The lowest BCUT2D eigenvalue weighted by Gasteiger charge is -2.12. The minimum atomic E-state index is 0.0321. The van der Waals surface area contributed by atoms with Crippen LogP contribution < -0.4 is 0 Å². The SMILES string of the molecule is CC(C)(C)c1nc2n(n1)COCC2. The molecule has 0 amide bonds. The minimum absolute atomic E-state index is 0.0321. The molecule has 0 atom stereocenters. The van der Waals surface area contributed by atoms with Gasteiger partial charge in [0.05, 0.1) is 6.61 Å². The Balaban J connectivity index is 2.36. The van der Waals surface area contributed by atoms with Crippen molar-refractivity contribution in [2.24, 2.45) is 0 Å². The van der Waals surface area contributed by atoms with Gasteiger partial charge in [0.15, 0.2) is 5.82 Å². The lowest BCUT2D eigenvalue weighted by atomic mass is 9.96. The summed E-state index contributed by atoms with van der Waals surface area (Å²) in [5, 5.41) is 4.40. The molecule has 0 saturated heterocycles. The summed E-state index contributed by atoms with van der Waals surface area (Å²) in [6.45, 7) is 7.68. The minimum Gasteiger partial charge on any atom is -0.359 e. The van der Waals surface area contributed by atoms with Crippen molar-refractivity contribution >= 4 is 0 Å². The Labute approximate surface area is 77.9 Å². The highest BCUT2D eigenvalue weighted by Crippen LogP contribution is 2.19. The normalized spacial score (nSPS) is 17.2. The molecule has 0 aliphatic carbocycles. The topological polar surface area (TPSA) is 39.9 Å². The molecule has 0 spiro atoms. The fourth-order valence-corrected chi connectivity index (χ4v) is 1.29. The van der Waals surface area contributed by atoms with Gasteiger partial charge in [0, 0.05) is 11.8 Å². The molecule has 2 heterocycles. The zero-order valence-electron chi connectivity index (χ0n) is 8.37. The van der Waals surface area contributed by atoms with Crippen LogP contribution in [-0.4, -0.2) is 21.4 Å². The Morgan fingerprint density at radius 2 is 2.15 bits per heavy atom. The summed E-state index contributed by atoms with van der Waals surface area (Å²) in [5.41, 5.74) is 0.0321. The second-order valence-corrected chi connectivity index (χ2v) is 4.39. The number of rotatable bonds is 0. The van der Waals surface area contributed by atoms with E-state index in [1.54, 1.807) is 0 Å². The van der Waals surface area contributed by atoms with Crippen LogP contribution in [0.15, 0.2) is 0 Å². The van der Waals surface area contributed by atoms with Crippen molar-refractivity contribution in [2.75, 3.05) is 6.61 Å². The van der Waals surface area contributed by atoms with Crippen LogP contribution in [0, 0.1) is 0 Å². The Morgan fingerprint density at radius 3 is 2.77 bits per heavy atom. The van der Waals surface area contributed by atoms with E-state index in [-0.39, 0.29) is 5.41 Å². The maximum absolute atomic E-state index is 5.28. The Kier molecular flexibility index (Phi) is 1.87. The van der Waals surface area contributed by atoms with Gasteiger partial charge in [0.25, 0.3) is 0 Å². The van der Waals surface area contributed by atoms with E-state index in [0.717, 1.165) is 24.7 Å². The third-order valence-electron chi connectivity index (χ3n) is 2.10. The molecule has 4 nitrogen and oxygen atoms in total. The molecule has 2 rings (SSSR count). The molecule has 0 fully saturated rings. The summed E-state index contributed by atoms with van der Waals surface area (Å²) in [7, 11) is 0. The molecular weight excluding hydrogens is 166 g/mol. The fraction of sp³-hybridized carbons (Fsp3) is 0.778. The van der Waals surface area contributed by atoms with Crippen LogP contribution in [0.3, 0.4) is 0 Å². The van der Waals surface area contributed by atoms with Crippen LogP contribution >= 0.6 is 0 Å². The number of aromatic nitrogens is 3. The highest BCUT2D eigenvalue weighted by Gasteiger charge is 2.22. The fourth-order valence-electron chi connectivity index (χ4n) is 1.29. The quantitative estimate of drug-likeness (QED) is 0.602. The summed E-state index contributed by atoms with van der Waals surface area (Å²) >= 11 is 0. The van der Waals surface area contributed by atoms with E-state index < -0.39 is 0 Å². The number of hydrogen-bond donors (Lipinski definition) is 0. The lowest BCUT2D eigenvalue weighted by molar-refractivity contribution is 0.0463. The molecule has 1 aromatic heterocycles. The first kappa shape index (κ1) is 8.69. The van der Waals surface area contributed by atoms with Crippen LogP contribution in [0.25, 0.3) is 0 Å². The molecule has 1 aromatic rings. The maximum Gasteiger partial charge on any atom is 0.156 e. The van der Waals surface area contributed by atoms with E-state index in [9.17, 15) is 0 Å². The standard InChI is InChI=1S/C9H15N3O/c1-9(2,3)8-10-7-4-5-13-6-12(7)11-8/h4-6H2,1-3H3. The average molecular weight is 181 g/mol. The van der Waals surface area contributed by atoms with Crippen LogP contribution in [0.5, 0.6) is 0 Å². The van der Waals surface area contributed by atoms with Gasteiger partial charge in [0.2, 0.25) is 0 Å². The molecule has 0 radical (unpaired) electrons. The van der Waals surface area contributed by atoms with Gasteiger partial charge in [-0.05, 0) is 0 Å². The highest BCUT2D eigenvalue weighted by molar-refractivity contribution is 5.04. The number of hydrogen-bond acceptors (Lipinski definition) is 3. The number of ether oxygens (including phenoxy) is 1. The maximum atomic E-state index is 5.28. The monoisotopic (exact) mass is 181 g/mol. The first-order chi connectivity index (χ1) is 6.07. The summed E-state index contributed by atoms with van der Waals surface area (Å²) in [6.07, 6.45) is 0.878. The number of nitrogens with zero attached hydrogens (tertiary/aromatic N) is 3. The Hall–Kier alpha value is -0.900. The van der Waals surface area contributed by atoms with Gasteiger partial charge in [-0.1, -0.05) is 20.8 Å². The highest BCUT2D eigenvalue weighted by atomic mass is 16.5. The summed E-state index contributed by atoms with van der Waals surface area (Å²) in [4.78, 5) is 4.49. The van der Waals surface area contributed by atoms with Crippen LogP contribution in [0.2, 0.25) is 0 Å². The molecule has 13 heavy (non-hydrogen) atoms. The van der Waals surface area contributed by atoms with E-state index in [0.29, 0.717) is 6.73 Å². The first-order valence-electron chi connectivity index (χ1n) is 4.59. The molecule has 4 heteroatoms. The van der Waals surface area contributed by atoms with E-state index in [1.807, 2.05) is 4.68 Å². The molecule has 0 saturated carbocycles. The molecule has 1 aliphatic rings. The third-order valence-corrected chi connectivity index (χ3v) is 2.10. The predicted molar refractivity (Wildman–Crippen MR) is 48.4 cm³/mol. The first-order valence-corrected chi connectivity index (χ1v) is 4.59. The van der Waals surface area contributed by atoms with Crippen molar-refractivity contribution < 1.29 is 4.74 Å². The summed E-state index contributed by atoms with van der Waals surface area (Å²) < 4.78 is 7.13. The molecule has 0 N–H and O–H groups in total. The van der Waals surface area contributed by atoms with Gasteiger partial charge < -0.3 is 4.74 Å². The van der Waals surface area contributed by atoms with E-state index >= 15 is 0 Å².